The van der Waals surface area contributed by atoms with E-state index in [1.54, 1.807) is 0 Å². The Morgan fingerprint density at radius 1 is 1.30 bits per heavy atom. The van der Waals surface area contributed by atoms with Crippen LogP contribution in [-0.2, 0) is 4.74 Å². The molecule has 1 unspecified atom stereocenters. The molecule has 1 fully saturated rings. The van der Waals surface area contributed by atoms with E-state index in [0.29, 0.717) is 19.0 Å². The Morgan fingerprint density at radius 2 is 2.15 bits per heavy atom. The third kappa shape index (κ3) is 4.00. The summed E-state index contributed by atoms with van der Waals surface area (Å²) in [5.41, 5.74) is 6.05. The maximum atomic E-state index is 13.7. The molecule has 0 radical (unpaired) electrons. The minimum Gasteiger partial charge on any atom is -0.490 e. The molecule has 5 heteroatoms. The maximum Gasteiger partial charge on any atom is 0.167 e. The van der Waals surface area contributed by atoms with Crippen molar-refractivity contribution in [3.05, 3.63) is 17.9 Å². The molecule has 0 aliphatic carbocycles. The monoisotopic (exact) mass is 283 g/mol. The lowest BCUT2D eigenvalue weighted by molar-refractivity contribution is -0.0109. The summed E-state index contributed by atoms with van der Waals surface area (Å²) in [4.78, 5) is 0. The van der Waals surface area contributed by atoms with Crippen molar-refractivity contribution >= 4 is 5.69 Å². The highest BCUT2D eigenvalue weighted by Crippen LogP contribution is 2.30. The van der Waals surface area contributed by atoms with Gasteiger partial charge in [-0.2, -0.15) is 0 Å². The molecule has 20 heavy (non-hydrogen) atoms. The molecule has 112 valence electrons. The van der Waals surface area contributed by atoms with Gasteiger partial charge in [0.05, 0.1) is 18.4 Å². The Kier molecular flexibility index (Phi) is 5.47. The van der Waals surface area contributed by atoms with Crippen LogP contribution in [0.15, 0.2) is 12.1 Å². The first-order chi connectivity index (χ1) is 9.70. The number of hydrogen-bond acceptors (Lipinski definition) is 4. The van der Waals surface area contributed by atoms with Crippen LogP contribution in [0.3, 0.4) is 0 Å². The van der Waals surface area contributed by atoms with Crippen molar-refractivity contribution in [3.63, 3.8) is 0 Å². The van der Waals surface area contributed by atoms with E-state index in [1.165, 1.54) is 12.1 Å². The predicted molar refractivity (Wildman–Crippen MR) is 75.7 cm³/mol. The van der Waals surface area contributed by atoms with Crippen LogP contribution in [0.1, 0.15) is 32.6 Å². The van der Waals surface area contributed by atoms with E-state index in [-0.39, 0.29) is 17.5 Å². The van der Waals surface area contributed by atoms with Gasteiger partial charge in [-0.25, -0.2) is 4.39 Å². The lowest BCUT2D eigenvalue weighted by Gasteiger charge is -2.23. The SMILES string of the molecule is CCCOc1cc(OCC2CCCCO2)c(N)cc1F. The van der Waals surface area contributed by atoms with Crippen molar-refractivity contribution in [3.8, 4) is 11.5 Å². The van der Waals surface area contributed by atoms with Crippen molar-refractivity contribution in [1.29, 1.82) is 0 Å². The molecular formula is C15H22FNO3. The van der Waals surface area contributed by atoms with Crippen molar-refractivity contribution in [2.45, 2.75) is 38.7 Å². The Bertz CT molecular complexity index is 433. The fourth-order valence-electron chi connectivity index (χ4n) is 2.12. The smallest absolute Gasteiger partial charge is 0.167 e. The molecule has 1 saturated heterocycles. The zero-order valence-corrected chi connectivity index (χ0v) is 11.9. The third-order valence-electron chi connectivity index (χ3n) is 3.22. The van der Waals surface area contributed by atoms with Crippen LogP contribution < -0.4 is 15.2 Å². The van der Waals surface area contributed by atoms with Gasteiger partial charge in [0.1, 0.15) is 12.4 Å². The quantitative estimate of drug-likeness (QED) is 0.815. The summed E-state index contributed by atoms with van der Waals surface area (Å²) < 4.78 is 30.2. The van der Waals surface area contributed by atoms with E-state index in [0.717, 1.165) is 32.3 Å². The van der Waals surface area contributed by atoms with Crippen LogP contribution in [-0.4, -0.2) is 25.9 Å². The molecule has 1 atom stereocenters. The highest BCUT2D eigenvalue weighted by Gasteiger charge is 2.16. The number of hydrogen-bond donors (Lipinski definition) is 1. The number of halogens is 1. The van der Waals surface area contributed by atoms with Gasteiger partial charge in [-0.15, -0.1) is 0 Å². The number of rotatable bonds is 6. The molecule has 1 heterocycles. The van der Waals surface area contributed by atoms with Gasteiger partial charge in [0.2, 0.25) is 0 Å². The summed E-state index contributed by atoms with van der Waals surface area (Å²) in [6, 6.07) is 2.76. The summed E-state index contributed by atoms with van der Waals surface area (Å²) in [5.74, 6) is 0.171. The standard InChI is InChI=1S/C15H22FNO3/c1-2-6-19-14-9-15(13(17)8-12(14)16)20-10-11-5-3-4-7-18-11/h8-9,11H,2-7,10,17H2,1H3. The average Bonchev–Trinajstić information content (AvgIpc) is 2.46. The molecule has 2 rings (SSSR count). The second-order valence-electron chi connectivity index (χ2n) is 4.97. The first-order valence-electron chi connectivity index (χ1n) is 7.17. The highest BCUT2D eigenvalue weighted by molar-refractivity contribution is 5.56. The van der Waals surface area contributed by atoms with Gasteiger partial charge in [-0.3, -0.25) is 0 Å². The number of anilines is 1. The molecule has 1 aromatic carbocycles. The van der Waals surface area contributed by atoms with E-state index in [2.05, 4.69) is 0 Å². The predicted octanol–water partition coefficient (Wildman–Crippen LogP) is 3.14. The van der Waals surface area contributed by atoms with Crippen molar-refractivity contribution < 1.29 is 18.6 Å². The molecule has 4 nitrogen and oxygen atoms in total. The Morgan fingerprint density at radius 3 is 2.85 bits per heavy atom. The second-order valence-corrected chi connectivity index (χ2v) is 4.97. The largest absolute Gasteiger partial charge is 0.490 e. The molecule has 2 N–H and O–H groups in total. The van der Waals surface area contributed by atoms with Gasteiger partial charge in [-0.05, 0) is 25.7 Å². The first-order valence-corrected chi connectivity index (χ1v) is 7.17. The fraction of sp³-hybridized carbons (Fsp3) is 0.600. The van der Waals surface area contributed by atoms with E-state index >= 15 is 0 Å². The number of nitrogens with two attached hydrogens (primary N) is 1. The minimum absolute atomic E-state index is 0.0909. The Labute approximate surface area is 119 Å². The lowest BCUT2D eigenvalue weighted by atomic mass is 10.1. The summed E-state index contributed by atoms with van der Waals surface area (Å²) in [7, 11) is 0. The second kappa shape index (κ2) is 7.33. The first kappa shape index (κ1) is 14.9. The van der Waals surface area contributed by atoms with Gasteiger partial charge >= 0.3 is 0 Å². The number of benzene rings is 1. The van der Waals surface area contributed by atoms with Crippen molar-refractivity contribution in [2.75, 3.05) is 25.6 Å². The molecule has 1 aliphatic rings. The molecule has 0 amide bonds. The van der Waals surface area contributed by atoms with Crippen LogP contribution in [0.2, 0.25) is 0 Å². The lowest BCUT2D eigenvalue weighted by Crippen LogP contribution is -2.26. The Hall–Kier alpha value is -1.49. The van der Waals surface area contributed by atoms with Crippen LogP contribution in [0.25, 0.3) is 0 Å². The third-order valence-corrected chi connectivity index (χ3v) is 3.22. The van der Waals surface area contributed by atoms with Crippen molar-refractivity contribution in [1.82, 2.24) is 0 Å². The van der Waals surface area contributed by atoms with Gasteiger partial charge in [0, 0.05) is 18.7 Å². The Balaban J connectivity index is 1.98. The zero-order chi connectivity index (χ0) is 14.4. The van der Waals surface area contributed by atoms with Crippen LogP contribution in [0.5, 0.6) is 11.5 Å². The fourth-order valence-corrected chi connectivity index (χ4v) is 2.12. The van der Waals surface area contributed by atoms with Gasteiger partial charge < -0.3 is 19.9 Å². The number of ether oxygens (including phenoxy) is 3. The maximum absolute atomic E-state index is 13.7. The molecule has 1 aromatic rings. The van der Waals surface area contributed by atoms with E-state index < -0.39 is 5.82 Å². The van der Waals surface area contributed by atoms with Gasteiger partial charge in [-0.1, -0.05) is 6.92 Å². The molecule has 1 aliphatic heterocycles. The minimum atomic E-state index is -0.461. The van der Waals surface area contributed by atoms with Crippen molar-refractivity contribution in [2.24, 2.45) is 0 Å². The molecular weight excluding hydrogens is 261 g/mol. The van der Waals surface area contributed by atoms with E-state index in [4.69, 9.17) is 19.9 Å². The normalized spacial score (nSPS) is 18.8. The zero-order valence-electron chi connectivity index (χ0n) is 11.9. The highest BCUT2D eigenvalue weighted by atomic mass is 19.1. The average molecular weight is 283 g/mol. The van der Waals surface area contributed by atoms with Gasteiger partial charge in [0.25, 0.3) is 0 Å². The van der Waals surface area contributed by atoms with E-state index in [1.807, 2.05) is 6.92 Å². The van der Waals surface area contributed by atoms with Crippen LogP contribution in [0.4, 0.5) is 10.1 Å². The molecule has 0 aromatic heterocycles. The topological polar surface area (TPSA) is 53.7 Å². The summed E-state index contributed by atoms with van der Waals surface area (Å²) in [5, 5.41) is 0. The summed E-state index contributed by atoms with van der Waals surface area (Å²) in [6.45, 7) is 3.64. The van der Waals surface area contributed by atoms with Gasteiger partial charge in [0.15, 0.2) is 11.6 Å². The van der Waals surface area contributed by atoms with E-state index in [9.17, 15) is 4.39 Å². The van der Waals surface area contributed by atoms with Crippen LogP contribution in [0, 0.1) is 5.82 Å². The number of nitrogen functional groups attached to an aromatic ring is 1. The molecule has 0 bridgehead atoms. The summed E-state index contributed by atoms with van der Waals surface area (Å²) in [6.07, 6.45) is 4.14. The molecule has 0 saturated carbocycles. The summed E-state index contributed by atoms with van der Waals surface area (Å²) >= 11 is 0. The molecule has 0 spiro atoms. The van der Waals surface area contributed by atoms with Crippen LogP contribution >= 0.6 is 0 Å².